The molecule has 0 aliphatic carbocycles. The molecule has 8 heteroatoms. The summed E-state index contributed by atoms with van der Waals surface area (Å²) < 4.78 is 17.1. The van der Waals surface area contributed by atoms with Crippen LogP contribution in [0.1, 0.15) is 57.4 Å². The van der Waals surface area contributed by atoms with Crippen molar-refractivity contribution in [2.75, 3.05) is 46.5 Å². The number of likely N-dealkylation sites (N-methyl/N-ethyl adjacent to an activating group) is 1. The van der Waals surface area contributed by atoms with E-state index >= 15 is 0 Å². The number of ketones is 1. The third kappa shape index (κ3) is 6.74. The summed E-state index contributed by atoms with van der Waals surface area (Å²) in [5.74, 6) is 0.596. The van der Waals surface area contributed by atoms with Gasteiger partial charge in [-0.3, -0.25) is 9.59 Å². The lowest BCUT2D eigenvalue weighted by Crippen LogP contribution is -2.38. The highest BCUT2D eigenvalue weighted by molar-refractivity contribution is 6.46. The molecule has 3 rings (SSSR count). The molecule has 2 aromatic carbocycles. The second-order valence-corrected chi connectivity index (χ2v) is 10.0. The van der Waals surface area contributed by atoms with E-state index in [0.29, 0.717) is 60.6 Å². The number of Topliss-reactive ketones (excluding diaryl/α,β-unsaturated/α-hetero) is 1. The number of methoxy groups -OCH3 is 1. The van der Waals surface area contributed by atoms with E-state index in [2.05, 4.69) is 32.6 Å². The van der Waals surface area contributed by atoms with Gasteiger partial charge in [-0.1, -0.05) is 33.8 Å². The molecule has 1 heterocycles. The van der Waals surface area contributed by atoms with Crippen molar-refractivity contribution < 1.29 is 28.9 Å². The number of carbonyl (C=O) groups excluding carboxylic acids is 2. The fourth-order valence-corrected chi connectivity index (χ4v) is 4.75. The number of aliphatic hydroxyl groups is 1. The highest BCUT2D eigenvalue weighted by Crippen LogP contribution is 2.42. The summed E-state index contributed by atoms with van der Waals surface area (Å²) in [6, 6.07) is 9.87. The van der Waals surface area contributed by atoms with Gasteiger partial charge in [0.15, 0.2) is 11.5 Å². The molecule has 0 spiro atoms. The Balaban J connectivity index is 2.12. The molecule has 0 bridgehead atoms. The van der Waals surface area contributed by atoms with E-state index in [1.54, 1.807) is 42.3 Å². The quantitative estimate of drug-likeness (QED) is 0.213. The maximum atomic E-state index is 13.4. The van der Waals surface area contributed by atoms with Crippen LogP contribution in [0.2, 0.25) is 0 Å². The summed E-state index contributed by atoms with van der Waals surface area (Å²) in [4.78, 5) is 30.5. The Bertz CT molecular complexity index is 1200. The fraction of sp³-hybridized carbons (Fsp3) is 0.484. The first-order valence-electron chi connectivity index (χ1n) is 13.7. The van der Waals surface area contributed by atoms with Crippen molar-refractivity contribution in [3.8, 4) is 17.2 Å². The van der Waals surface area contributed by atoms with E-state index in [-0.39, 0.29) is 11.3 Å². The minimum absolute atomic E-state index is 0.0565. The van der Waals surface area contributed by atoms with E-state index < -0.39 is 17.7 Å². The Morgan fingerprint density at radius 1 is 1.00 bits per heavy atom. The molecule has 1 fully saturated rings. The lowest BCUT2D eigenvalue weighted by atomic mass is 9.94. The summed E-state index contributed by atoms with van der Waals surface area (Å²) >= 11 is 0. The summed E-state index contributed by atoms with van der Waals surface area (Å²) in [5.41, 5.74) is 1.99. The SMILES string of the molecule is CCOc1ccc(C2/C(=C(/O)c3ccc(OCC(C)C)c(C)c3)C(=O)C(=O)N2CCN(CC)CC)cc1OC. The number of aryl methyl sites for hydroxylation is 1. The number of rotatable bonds is 13. The standard InChI is InChI=1S/C31H42N2O6/c1-8-32(9-2)15-16-33-28(22-11-14-25(38-10-3)26(18-22)37-7)27(30(35)31(33)36)29(34)23-12-13-24(21(6)17-23)39-19-20(4)5/h11-14,17-18,20,28,34H,8-10,15-16,19H2,1-7H3/b29-27-. The average Bonchev–Trinajstić information content (AvgIpc) is 3.17. The van der Waals surface area contributed by atoms with Crippen LogP contribution in [0, 0.1) is 12.8 Å². The fourth-order valence-electron chi connectivity index (χ4n) is 4.75. The largest absolute Gasteiger partial charge is 0.507 e. The molecular weight excluding hydrogens is 496 g/mol. The van der Waals surface area contributed by atoms with Gasteiger partial charge in [0, 0.05) is 18.7 Å². The van der Waals surface area contributed by atoms with Crippen LogP contribution in [0.3, 0.4) is 0 Å². The maximum absolute atomic E-state index is 13.4. The highest BCUT2D eigenvalue weighted by Gasteiger charge is 2.46. The molecular formula is C31H42N2O6. The number of nitrogens with zero attached hydrogens (tertiary/aromatic N) is 2. The van der Waals surface area contributed by atoms with Crippen LogP contribution in [0.4, 0.5) is 0 Å². The molecule has 1 aliphatic rings. The minimum Gasteiger partial charge on any atom is -0.507 e. The van der Waals surface area contributed by atoms with Gasteiger partial charge in [0.05, 0.1) is 31.9 Å². The molecule has 1 N–H and O–H groups in total. The van der Waals surface area contributed by atoms with E-state index in [1.807, 2.05) is 19.9 Å². The molecule has 1 saturated heterocycles. The van der Waals surface area contributed by atoms with Gasteiger partial charge in [-0.2, -0.15) is 0 Å². The second-order valence-electron chi connectivity index (χ2n) is 10.0. The van der Waals surface area contributed by atoms with Gasteiger partial charge in [-0.25, -0.2) is 0 Å². The molecule has 1 amide bonds. The van der Waals surface area contributed by atoms with Crippen molar-refractivity contribution in [2.24, 2.45) is 5.92 Å². The molecule has 2 aromatic rings. The summed E-state index contributed by atoms with van der Waals surface area (Å²) in [6.45, 7) is 15.7. The number of ether oxygens (including phenoxy) is 3. The zero-order chi connectivity index (χ0) is 28.7. The number of amides is 1. The van der Waals surface area contributed by atoms with Gasteiger partial charge < -0.3 is 29.1 Å². The zero-order valence-electron chi connectivity index (χ0n) is 24.2. The van der Waals surface area contributed by atoms with Crippen LogP contribution in [0.15, 0.2) is 42.0 Å². The zero-order valence-corrected chi connectivity index (χ0v) is 24.2. The molecule has 1 unspecified atom stereocenters. The van der Waals surface area contributed by atoms with Crippen molar-refractivity contribution >= 4 is 17.4 Å². The Kier molecular flexibility index (Phi) is 10.4. The maximum Gasteiger partial charge on any atom is 0.295 e. The molecule has 39 heavy (non-hydrogen) atoms. The molecule has 0 radical (unpaired) electrons. The number of hydrogen-bond acceptors (Lipinski definition) is 7. The third-order valence-corrected chi connectivity index (χ3v) is 6.92. The Labute approximate surface area is 232 Å². The van der Waals surface area contributed by atoms with Crippen LogP contribution < -0.4 is 14.2 Å². The summed E-state index contributed by atoms with van der Waals surface area (Å²) in [7, 11) is 1.55. The van der Waals surface area contributed by atoms with Gasteiger partial charge in [0.1, 0.15) is 11.5 Å². The average molecular weight is 539 g/mol. The molecule has 1 atom stereocenters. The van der Waals surface area contributed by atoms with E-state index in [4.69, 9.17) is 14.2 Å². The molecule has 212 valence electrons. The van der Waals surface area contributed by atoms with E-state index in [9.17, 15) is 14.7 Å². The van der Waals surface area contributed by atoms with Crippen molar-refractivity contribution in [1.29, 1.82) is 0 Å². The predicted octanol–water partition coefficient (Wildman–Crippen LogP) is 5.20. The van der Waals surface area contributed by atoms with Crippen molar-refractivity contribution in [1.82, 2.24) is 9.80 Å². The minimum atomic E-state index is -0.776. The van der Waals surface area contributed by atoms with E-state index in [0.717, 1.165) is 18.7 Å². The Morgan fingerprint density at radius 2 is 1.69 bits per heavy atom. The number of hydrogen-bond donors (Lipinski definition) is 1. The first-order chi connectivity index (χ1) is 18.7. The molecule has 0 saturated carbocycles. The number of likely N-dealkylation sites (tertiary alicyclic amines) is 1. The molecule has 1 aliphatic heterocycles. The number of carbonyl (C=O) groups is 2. The van der Waals surface area contributed by atoms with Crippen molar-refractivity contribution in [3.63, 3.8) is 0 Å². The molecule has 0 aromatic heterocycles. The van der Waals surface area contributed by atoms with Crippen LogP contribution in [-0.2, 0) is 9.59 Å². The summed E-state index contributed by atoms with van der Waals surface area (Å²) in [6.07, 6.45) is 0. The smallest absolute Gasteiger partial charge is 0.295 e. The third-order valence-electron chi connectivity index (χ3n) is 6.92. The Hall–Kier alpha value is -3.52. The first-order valence-corrected chi connectivity index (χ1v) is 13.7. The van der Waals surface area contributed by atoms with Crippen molar-refractivity contribution in [3.05, 3.63) is 58.7 Å². The van der Waals surface area contributed by atoms with Gasteiger partial charge >= 0.3 is 0 Å². The monoisotopic (exact) mass is 538 g/mol. The lowest BCUT2D eigenvalue weighted by Gasteiger charge is -2.28. The Morgan fingerprint density at radius 3 is 2.28 bits per heavy atom. The number of benzene rings is 2. The summed E-state index contributed by atoms with van der Waals surface area (Å²) in [5, 5.41) is 11.5. The van der Waals surface area contributed by atoms with Crippen molar-refractivity contribution in [2.45, 2.75) is 47.6 Å². The van der Waals surface area contributed by atoms with Crippen LogP contribution in [0.25, 0.3) is 5.76 Å². The van der Waals surface area contributed by atoms with Gasteiger partial charge in [-0.05, 0) is 74.3 Å². The van der Waals surface area contributed by atoms with Gasteiger partial charge in [0.25, 0.3) is 11.7 Å². The van der Waals surface area contributed by atoms with Crippen LogP contribution in [0.5, 0.6) is 17.2 Å². The number of aliphatic hydroxyl groups excluding tert-OH is 1. The van der Waals surface area contributed by atoms with Crippen LogP contribution >= 0.6 is 0 Å². The first kappa shape index (κ1) is 30.0. The van der Waals surface area contributed by atoms with Gasteiger partial charge in [-0.15, -0.1) is 0 Å². The molecule has 8 nitrogen and oxygen atoms in total. The van der Waals surface area contributed by atoms with Crippen LogP contribution in [-0.4, -0.2) is 73.1 Å². The van der Waals surface area contributed by atoms with Gasteiger partial charge in [0.2, 0.25) is 0 Å². The lowest BCUT2D eigenvalue weighted by molar-refractivity contribution is -0.140. The predicted molar refractivity (Wildman–Crippen MR) is 152 cm³/mol. The topological polar surface area (TPSA) is 88.5 Å². The van der Waals surface area contributed by atoms with E-state index in [1.165, 1.54) is 0 Å². The second kappa shape index (κ2) is 13.5. The highest BCUT2D eigenvalue weighted by atomic mass is 16.5. The normalized spacial score (nSPS) is 16.8.